The molecular formula is C7H18N2. The summed E-state index contributed by atoms with van der Waals surface area (Å²) >= 11 is 0. The molecule has 0 aromatic heterocycles. The van der Waals surface area contributed by atoms with Gasteiger partial charge in [0, 0.05) is 0 Å². The zero-order valence-corrected chi connectivity index (χ0v) is 6.54. The fourth-order valence-corrected chi connectivity index (χ4v) is 0.692. The summed E-state index contributed by atoms with van der Waals surface area (Å²) in [7, 11) is 1.99. The Bertz CT molecular complexity index is 40.2. The smallest absolute Gasteiger partial charge is 0.00368 e. The van der Waals surface area contributed by atoms with Gasteiger partial charge in [-0.1, -0.05) is 6.92 Å². The Morgan fingerprint density at radius 1 is 1.11 bits per heavy atom. The summed E-state index contributed by atoms with van der Waals surface area (Å²) in [6.45, 7) is 5.61. The van der Waals surface area contributed by atoms with Gasteiger partial charge in [-0.05, 0) is 39.5 Å². The van der Waals surface area contributed by atoms with Crippen molar-refractivity contribution in [2.45, 2.75) is 19.8 Å². The van der Waals surface area contributed by atoms with Gasteiger partial charge in [-0.3, -0.25) is 0 Å². The van der Waals surface area contributed by atoms with Crippen LogP contribution in [0.15, 0.2) is 0 Å². The minimum atomic E-state index is 1.12. The van der Waals surface area contributed by atoms with Gasteiger partial charge in [0.25, 0.3) is 0 Å². The maximum atomic E-state index is 3.33. The van der Waals surface area contributed by atoms with Gasteiger partial charge in [-0.2, -0.15) is 0 Å². The van der Waals surface area contributed by atoms with Crippen LogP contribution >= 0.6 is 0 Å². The van der Waals surface area contributed by atoms with Crippen LogP contribution in [0.1, 0.15) is 19.8 Å². The first-order valence-corrected chi connectivity index (χ1v) is 3.77. The summed E-state index contributed by atoms with van der Waals surface area (Å²) in [4.78, 5) is 0. The van der Waals surface area contributed by atoms with Gasteiger partial charge in [0.05, 0.1) is 0 Å². The normalized spacial score (nSPS) is 10.0. The molecule has 0 radical (unpaired) electrons. The molecule has 0 spiro atoms. The van der Waals surface area contributed by atoms with E-state index in [0.717, 1.165) is 19.6 Å². The Morgan fingerprint density at radius 3 is 2.44 bits per heavy atom. The molecule has 9 heavy (non-hydrogen) atoms. The first-order valence-electron chi connectivity index (χ1n) is 3.77. The molecule has 0 bridgehead atoms. The van der Waals surface area contributed by atoms with Gasteiger partial charge >= 0.3 is 0 Å². The maximum absolute atomic E-state index is 3.33. The fourth-order valence-electron chi connectivity index (χ4n) is 0.692. The average molecular weight is 130 g/mol. The van der Waals surface area contributed by atoms with E-state index in [4.69, 9.17) is 0 Å². The van der Waals surface area contributed by atoms with Gasteiger partial charge in [0.2, 0.25) is 0 Å². The molecule has 0 fully saturated rings. The molecule has 0 amide bonds. The highest BCUT2D eigenvalue weighted by Crippen LogP contribution is 1.73. The second-order valence-electron chi connectivity index (χ2n) is 2.21. The quantitative estimate of drug-likeness (QED) is 0.514. The molecule has 0 aliphatic carbocycles. The van der Waals surface area contributed by atoms with Gasteiger partial charge in [0.15, 0.2) is 0 Å². The molecule has 56 valence electrons. The van der Waals surface area contributed by atoms with E-state index in [0.29, 0.717) is 0 Å². The Balaban J connectivity index is 2.60. The van der Waals surface area contributed by atoms with E-state index in [9.17, 15) is 0 Å². The predicted octanol–water partition coefficient (Wildman–Crippen LogP) is 0.595. The highest BCUT2D eigenvalue weighted by molar-refractivity contribution is 4.47. The maximum Gasteiger partial charge on any atom is -0.00368 e. The van der Waals surface area contributed by atoms with E-state index >= 15 is 0 Å². The molecular weight excluding hydrogens is 112 g/mol. The lowest BCUT2D eigenvalue weighted by Crippen LogP contribution is -2.20. The summed E-state index contributed by atoms with van der Waals surface area (Å²) in [6.07, 6.45) is 2.47. The van der Waals surface area contributed by atoms with E-state index in [1.165, 1.54) is 12.8 Å². The molecule has 0 aliphatic heterocycles. The SMILES string of the molecule is CCCNCCCNC. The molecule has 2 nitrogen and oxygen atoms in total. The van der Waals surface area contributed by atoms with Crippen LogP contribution in [0.5, 0.6) is 0 Å². The van der Waals surface area contributed by atoms with Crippen LogP contribution in [0, 0.1) is 0 Å². The third-order valence-corrected chi connectivity index (χ3v) is 1.21. The molecule has 0 unspecified atom stereocenters. The third kappa shape index (κ3) is 7.92. The zero-order chi connectivity index (χ0) is 6.95. The van der Waals surface area contributed by atoms with Crippen molar-refractivity contribution in [2.75, 3.05) is 26.7 Å². The van der Waals surface area contributed by atoms with Crippen LogP contribution < -0.4 is 10.6 Å². The number of hydrogen-bond acceptors (Lipinski definition) is 2. The lowest BCUT2D eigenvalue weighted by Gasteiger charge is -2.00. The van der Waals surface area contributed by atoms with Crippen molar-refractivity contribution in [3.05, 3.63) is 0 Å². The van der Waals surface area contributed by atoms with Crippen molar-refractivity contribution < 1.29 is 0 Å². The molecule has 0 atom stereocenters. The molecule has 2 heteroatoms. The summed E-state index contributed by atoms with van der Waals surface area (Å²) in [5.74, 6) is 0. The summed E-state index contributed by atoms with van der Waals surface area (Å²) in [5, 5.41) is 6.43. The minimum Gasteiger partial charge on any atom is -0.320 e. The Labute approximate surface area is 58.0 Å². The second kappa shape index (κ2) is 7.92. The van der Waals surface area contributed by atoms with E-state index in [2.05, 4.69) is 17.6 Å². The molecule has 0 aromatic rings. The fraction of sp³-hybridized carbons (Fsp3) is 1.00. The lowest BCUT2D eigenvalue weighted by atomic mass is 10.4. The molecule has 0 saturated carbocycles. The highest BCUT2D eigenvalue weighted by Gasteiger charge is 1.82. The van der Waals surface area contributed by atoms with Gasteiger partial charge < -0.3 is 10.6 Å². The molecule has 0 heterocycles. The van der Waals surface area contributed by atoms with Crippen molar-refractivity contribution in [1.82, 2.24) is 10.6 Å². The van der Waals surface area contributed by atoms with Crippen molar-refractivity contribution in [2.24, 2.45) is 0 Å². The highest BCUT2D eigenvalue weighted by atomic mass is 14.9. The van der Waals surface area contributed by atoms with E-state index < -0.39 is 0 Å². The second-order valence-corrected chi connectivity index (χ2v) is 2.21. The molecule has 0 rings (SSSR count). The van der Waals surface area contributed by atoms with E-state index in [-0.39, 0.29) is 0 Å². The Hall–Kier alpha value is -0.0800. The Kier molecular flexibility index (Phi) is 7.85. The largest absolute Gasteiger partial charge is 0.320 e. The van der Waals surface area contributed by atoms with Gasteiger partial charge in [0.1, 0.15) is 0 Å². The lowest BCUT2D eigenvalue weighted by molar-refractivity contribution is 0.619. The molecule has 0 saturated heterocycles. The van der Waals surface area contributed by atoms with Crippen LogP contribution in [-0.4, -0.2) is 26.7 Å². The number of nitrogens with one attached hydrogen (secondary N) is 2. The first-order chi connectivity index (χ1) is 4.41. The zero-order valence-electron chi connectivity index (χ0n) is 6.54. The minimum absolute atomic E-state index is 1.12. The summed E-state index contributed by atoms with van der Waals surface area (Å²) < 4.78 is 0. The van der Waals surface area contributed by atoms with Crippen molar-refractivity contribution in [3.8, 4) is 0 Å². The topological polar surface area (TPSA) is 24.1 Å². The Morgan fingerprint density at radius 2 is 1.89 bits per heavy atom. The van der Waals surface area contributed by atoms with Crippen molar-refractivity contribution in [1.29, 1.82) is 0 Å². The number of hydrogen-bond donors (Lipinski definition) is 2. The molecule has 2 N–H and O–H groups in total. The van der Waals surface area contributed by atoms with Crippen LogP contribution in [0.25, 0.3) is 0 Å². The molecule has 0 aromatic carbocycles. The molecule has 0 aliphatic rings. The third-order valence-electron chi connectivity index (χ3n) is 1.21. The van der Waals surface area contributed by atoms with Crippen LogP contribution in [0.3, 0.4) is 0 Å². The van der Waals surface area contributed by atoms with Crippen LogP contribution in [0.4, 0.5) is 0 Å². The van der Waals surface area contributed by atoms with Crippen LogP contribution in [-0.2, 0) is 0 Å². The van der Waals surface area contributed by atoms with Gasteiger partial charge in [-0.25, -0.2) is 0 Å². The first kappa shape index (κ1) is 8.92. The summed E-state index contributed by atoms with van der Waals surface area (Å²) in [6, 6.07) is 0. The van der Waals surface area contributed by atoms with Crippen LogP contribution in [0.2, 0.25) is 0 Å². The monoisotopic (exact) mass is 130 g/mol. The predicted molar refractivity (Wildman–Crippen MR) is 41.7 cm³/mol. The summed E-state index contributed by atoms with van der Waals surface area (Å²) in [5.41, 5.74) is 0. The van der Waals surface area contributed by atoms with Crippen molar-refractivity contribution in [3.63, 3.8) is 0 Å². The number of rotatable bonds is 6. The van der Waals surface area contributed by atoms with E-state index in [1.54, 1.807) is 0 Å². The van der Waals surface area contributed by atoms with Gasteiger partial charge in [-0.15, -0.1) is 0 Å². The van der Waals surface area contributed by atoms with Crippen molar-refractivity contribution >= 4 is 0 Å². The standard InChI is InChI=1S/C7H18N2/c1-3-5-9-7-4-6-8-2/h8-9H,3-7H2,1-2H3. The average Bonchev–Trinajstić information content (AvgIpc) is 1.89. The van der Waals surface area contributed by atoms with E-state index in [1.807, 2.05) is 7.05 Å².